The molecular weight excluding hydrogens is 470 g/mol. The summed E-state index contributed by atoms with van der Waals surface area (Å²) in [6.07, 6.45) is 1.86. The second kappa shape index (κ2) is 9.91. The zero-order chi connectivity index (χ0) is 24.4. The van der Waals surface area contributed by atoms with E-state index in [1.807, 2.05) is 63.2 Å². The van der Waals surface area contributed by atoms with Crippen LogP contribution in [0.2, 0.25) is 5.02 Å². The Balaban J connectivity index is 1.64. The maximum atomic E-state index is 12.6. The molecule has 0 spiro atoms. The van der Waals surface area contributed by atoms with Gasteiger partial charge in [-0.2, -0.15) is 0 Å². The highest BCUT2D eigenvalue weighted by atomic mass is 35.5. The van der Waals surface area contributed by atoms with Gasteiger partial charge in [0.1, 0.15) is 0 Å². The van der Waals surface area contributed by atoms with E-state index < -0.39 is 0 Å². The zero-order valence-corrected chi connectivity index (χ0v) is 20.9. The van der Waals surface area contributed by atoms with Gasteiger partial charge in [0, 0.05) is 22.1 Å². The van der Waals surface area contributed by atoms with Crippen molar-refractivity contribution in [3.63, 3.8) is 0 Å². The highest BCUT2D eigenvalue weighted by molar-refractivity contribution is 8.18. The van der Waals surface area contributed by atoms with Gasteiger partial charge >= 0.3 is 5.97 Å². The van der Waals surface area contributed by atoms with Crippen molar-refractivity contribution in [2.45, 2.75) is 27.7 Å². The summed E-state index contributed by atoms with van der Waals surface area (Å²) in [7, 11) is 0. The van der Waals surface area contributed by atoms with Gasteiger partial charge in [0.05, 0.1) is 22.8 Å². The minimum Gasteiger partial charge on any atom is -0.462 e. The van der Waals surface area contributed by atoms with E-state index >= 15 is 0 Å². The number of ether oxygens (including phenoxy) is 1. The van der Waals surface area contributed by atoms with Crippen molar-refractivity contribution >= 4 is 52.2 Å². The van der Waals surface area contributed by atoms with Crippen LogP contribution in [0.25, 0.3) is 11.8 Å². The van der Waals surface area contributed by atoms with Crippen LogP contribution in [0, 0.1) is 20.8 Å². The number of aromatic nitrogens is 1. The number of amides is 1. The molecule has 1 N–H and O–H groups in total. The topological polar surface area (TPSA) is 72.7 Å². The number of carbonyl (C=O) groups excluding carboxylic acids is 2. The fourth-order valence-corrected chi connectivity index (χ4v) is 4.74. The van der Waals surface area contributed by atoms with Gasteiger partial charge in [0.25, 0.3) is 5.91 Å². The van der Waals surface area contributed by atoms with Crippen LogP contribution in [0.3, 0.4) is 0 Å². The second-order valence-corrected chi connectivity index (χ2v) is 9.31. The third-order valence-electron chi connectivity index (χ3n) is 5.42. The molecule has 1 fully saturated rings. The molecule has 0 atom stereocenters. The molecule has 6 nitrogen and oxygen atoms in total. The molecule has 1 amide bonds. The van der Waals surface area contributed by atoms with E-state index in [1.165, 1.54) is 11.8 Å². The van der Waals surface area contributed by atoms with Crippen LogP contribution in [-0.2, 0) is 9.53 Å². The summed E-state index contributed by atoms with van der Waals surface area (Å²) in [5, 5.41) is 3.93. The molecule has 4 rings (SSSR count). The lowest BCUT2D eigenvalue weighted by atomic mass is 10.2. The average Bonchev–Trinajstić information content (AvgIpc) is 3.28. The largest absolute Gasteiger partial charge is 0.462 e. The summed E-state index contributed by atoms with van der Waals surface area (Å²) >= 11 is 7.38. The lowest BCUT2D eigenvalue weighted by molar-refractivity contribution is -0.115. The van der Waals surface area contributed by atoms with E-state index in [0.29, 0.717) is 27.3 Å². The molecule has 1 aliphatic rings. The Bertz CT molecular complexity index is 1360. The number of nitrogens with zero attached hydrogens (tertiary/aromatic N) is 2. The minimum atomic E-state index is -0.352. The number of hydrogen-bond acceptors (Lipinski definition) is 5. The van der Waals surface area contributed by atoms with Crippen molar-refractivity contribution in [3.8, 4) is 5.69 Å². The summed E-state index contributed by atoms with van der Waals surface area (Å²) in [6, 6.07) is 14.8. The Morgan fingerprint density at radius 2 is 1.97 bits per heavy atom. The number of nitrogens with one attached hydrogen (secondary N) is 1. The van der Waals surface area contributed by atoms with Crippen molar-refractivity contribution in [3.05, 3.63) is 86.5 Å². The van der Waals surface area contributed by atoms with E-state index in [-0.39, 0.29) is 11.9 Å². The fraction of sp³-hybridized carbons (Fsp3) is 0.192. The van der Waals surface area contributed by atoms with E-state index in [0.717, 1.165) is 33.9 Å². The molecule has 2 aromatic carbocycles. The van der Waals surface area contributed by atoms with E-state index in [9.17, 15) is 9.59 Å². The number of thioether (sulfide) groups is 1. The summed E-state index contributed by atoms with van der Waals surface area (Å²) < 4.78 is 7.18. The molecular formula is C26H24ClN3O3S. The highest BCUT2D eigenvalue weighted by Gasteiger charge is 2.25. The predicted octanol–water partition coefficient (Wildman–Crippen LogP) is 6.12. The van der Waals surface area contributed by atoms with E-state index in [1.54, 1.807) is 19.1 Å². The third kappa shape index (κ3) is 4.95. The van der Waals surface area contributed by atoms with Crippen LogP contribution in [0.1, 0.15) is 39.8 Å². The number of carbonyl (C=O) groups is 2. The van der Waals surface area contributed by atoms with Crippen LogP contribution >= 0.6 is 23.4 Å². The van der Waals surface area contributed by atoms with Gasteiger partial charge in [-0.05, 0) is 93.1 Å². The molecule has 34 heavy (non-hydrogen) atoms. The lowest BCUT2D eigenvalue weighted by Crippen LogP contribution is -2.19. The third-order valence-corrected chi connectivity index (χ3v) is 6.56. The van der Waals surface area contributed by atoms with Crippen LogP contribution in [0.4, 0.5) is 5.69 Å². The quantitative estimate of drug-likeness (QED) is 0.343. The lowest BCUT2D eigenvalue weighted by Gasteiger charge is -2.11. The molecule has 0 bridgehead atoms. The van der Waals surface area contributed by atoms with E-state index in [2.05, 4.69) is 14.9 Å². The molecule has 8 heteroatoms. The Morgan fingerprint density at radius 1 is 1.18 bits per heavy atom. The molecule has 1 saturated heterocycles. The molecule has 0 saturated carbocycles. The first kappa shape index (κ1) is 23.9. The minimum absolute atomic E-state index is 0.197. The SMILES string of the molecule is CCOC(=O)c1cccc(-n2c(C)cc(/C=C3\SC(=Nc4cc(Cl)ccc4C)NC3=O)c2C)c1. The number of hydrogen-bond donors (Lipinski definition) is 1. The Morgan fingerprint density at radius 3 is 2.74 bits per heavy atom. The maximum absolute atomic E-state index is 12.6. The predicted molar refractivity (Wildman–Crippen MR) is 138 cm³/mol. The highest BCUT2D eigenvalue weighted by Crippen LogP contribution is 2.32. The molecule has 0 unspecified atom stereocenters. The first-order valence-electron chi connectivity index (χ1n) is 10.8. The van der Waals surface area contributed by atoms with Crippen LogP contribution in [0.5, 0.6) is 0 Å². The van der Waals surface area contributed by atoms with E-state index in [4.69, 9.17) is 16.3 Å². The maximum Gasteiger partial charge on any atom is 0.338 e. The van der Waals surface area contributed by atoms with Gasteiger partial charge in [-0.1, -0.05) is 23.7 Å². The summed E-state index contributed by atoms with van der Waals surface area (Å²) in [5.41, 5.74) is 5.89. The molecule has 174 valence electrons. The van der Waals surface area contributed by atoms with Gasteiger partial charge in [0.15, 0.2) is 5.17 Å². The van der Waals surface area contributed by atoms with Crippen molar-refractivity contribution < 1.29 is 14.3 Å². The molecule has 3 aromatic rings. The standard InChI is InChI=1S/C26H24ClN3O3S/c1-5-33-25(32)18-7-6-8-21(12-18)30-16(3)11-19(17(30)4)13-23-24(31)29-26(34-23)28-22-14-20(27)10-9-15(22)2/h6-14H,5H2,1-4H3,(H,28,29,31)/b23-13-. The number of aliphatic imine (C=N–C) groups is 1. The number of rotatable bonds is 5. The fourth-order valence-electron chi connectivity index (χ4n) is 3.75. The number of esters is 1. The number of amidine groups is 1. The van der Waals surface area contributed by atoms with Crippen LogP contribution < -0.4 is 5.32 Å². The number of halogens is 1. The Labute approximate surface area is 207 Å². The second-order valence-electron chi connectivity index (χ2n) is 7.85. The number of benzene rings is 2. The zero-order valence-electron chi connectivity index (χ0n) is 19.3. The molecule has 1 aliphatic heterocycles. The smallest absolute Gasteiger partial charge is 0.338 e. The molecule has 2 heterocycles. The average molecular weight is 494 g/mol. The van der Waals surface area contributed by atoms with Crippen molar-refractivity contribution in [2.24, 2.45) is 4.99 Å². The van der Waals surface area contributed by atoms with Gasteiger partial charge in [-0.3, -0.25) is 4.79 Å². The number of aryl methyl sites for hydroxylation is 2. The first-order chi connectivity index (χ1) is 16.3. The normalized spacial score (nSPS) is 15.7. The molecule has 0 aliphatic carbocycles. The van der Waals surface area contributed by atoms with Crippen LogP contribution in [0.15, 0.2) is 58.4 Å². The molecule has 0 radical (unpaired) electrons. The molecule has 1 aromatic heterocycles. The summed E-state index contributed by atoms with van der Waals surface area (Å²) in [5.74, 6) is -0.549. The van der Waals surface area contributed by atoms with Crippen molar-refractivity contribution in [1.29, 1.82) is 0 Å². The summed E-state index contributed by atoms with van der Waals surface area (Å²) in [6.45, 7) is 8.02. The van der Waals surface area contributed by atoms with Crippen molar-refractivity contribution in [2.75, 3.05) is 6.61 Å². The monoisotopic (exact) mass is 493 g/mol. The Hall–Kier alpha value is -3.29. The van der Waals surface area contributed by atoms with Crippen LogP contribution in [-0.4, -0.2) is 28.2 Å². The Kier molecular flexibility index (Phi) is 6.95. The van der Waals surface area contributed by atoms with Gasteiger partial charge in [-0.15, -0.1) is 0 Å². The van der Waals surface area contributed by atoms with Gasteiger partial charge < -0.3 is 14.6 Å². The van der Waals surface area contributed by atoms with Gasteiger partial charge in [-0.25, -0.2) is 9.79 Å². The van der Waals surface area contributed by atoms with Gasteiger partial charge in [0.2, 0.25) is 0 Å². The first-order valence-corrected chi connectivity index (χ1v) is 12.0. The summed E-state index contributed by atoms with van der Waals surface area (Å²) in [4.78, 5) is 29.9. The van der Waals surface area contributed by atoms with Crippen molar-refractivity contribution in [1.82, 2.24) is 9.88 Å².